The van der Waals surface area contributed by atoms with Crippen molar-refractivity contribution in [3.63, 3.8) is 0 Å². The smallest absolute Gasteiger partial charge is 0.233 e. The van der Waals surface area contributed by atoms with Crippen LogP contribution < -0.4 is 5.32 Å². The Morgan fingerprint density at radius 1 is 0.971 bits per heavy atom. The maximum Gasteiger partial charge on any atom is 0.233 e. The van der Waals surface area contributed by atoms with Crippen LogP contribution in [0.1, 0.15) is 24.5 Å². The highest BCUT2D eigenvalue weighted by atomic mass is 32.2. The molecule has 0 bridgehead atoms. The van der Waals surface area contributed by atoms with Gasteiger partial charge < -0.3 is 5.32 Å². The monoisotopic (exact) mass is 467 g/mol. The lowest BCUT2D eigenvalue weighted by molar-refractivity contribution is -0.120. The lowest BCUT2D eigenvalue weighted by Crippen LogP contribution is -2.32. The third kappa shape index (κ3) is 4.52. The highest BCUT2D eigenvalue weighted by Crippen LogP contribution is 2.29. The van der Waals surface area contributed by atoms with Crippen LogP contribution in [0, 0.1) is 6.92 Å². The van der Waals surface area contributed by atoms with Crippen LogP contribution >= 0.6 is 11.8 Å². The molecule has 6 nitrogen and oxygen atoms in total. The SMILES string of the molecule is CC[C@@H](Sc1nc2ccccc2c2nc(-c3ccccc3)nn12)C(=O)NCc1ccc(C)cc1. The zero-order chi connectivity index (χ0) is 23.5. The van der Waals surface area contributed by atoms with Crippen molar-refractivity contribution in [2.45, 2.75) is 37.2 Å². The molecule has 0 aliphatic heterocycles. The third-order valence-electron chi connectivity index (χ3n) is 5.68. The number of thioether (sulfide) groups is 1. The van der Waals surface area contributed by atoms with Gasteiger partial charge in [-0.3, -0.25) is 4.79 Å². The van der Waals surface area contributed by atoms with E-state index in [2.05, 4.69) is 24.4 Å². The summed E-state index contributed by atoms with van der Waals surface area (Å²) < 4.78 is 1.77. The fourth-order valence-corrected chi connectivity index (χ4v) is 4.76. The molecule has 0 radical (unpaired) electrons. The van der Waals surface area contributed by atoms with Crippen LogP contribution in [0.4, 0.5) is 0 Å². The topological polar surface area (TPSA) is 72.2 Å². The number of aromatic nitrogens is 4. The molecule has 5 aromatic rings. The molecular weight excluding hydrogens is 442 g/mol. The Hall–Kier alpha value is -3.71. The molecule has 5 rings (SSSR count). The lowest BCUT2D eigenvalue weighted by atomic mass is 10.1. The number of aryl methyl sites for hydroxylation is 1. The summed E-state index contributed by atoms with van der Waals surface area (Å²) in [7, 11) is 0. The van der Waals surface area contributed by atoms with Crippen LogP contribution in [0.25, 0.3) is 27.9 Å². The summed E-state index contributed by atoms with van der Waals surface area (Å²) in [5.41, 5.74) is 4.79. The first-order chi connectivity index (χ1) is 16.6. The largest absolute Gasteiger partial charge is 0.351 e. The minimum Gasteiger partial charge on any atom is -0.351 e. The van der Waals surface area contributed by atoms with Crippen molar-refractivity contribution in [3.8, 4) is 11.4 Å². The molecule has 1 amide bonds. The van der Waals surface area contributed by atoms with E-state index in [1.165, 1.54) is 17.3 Å². The van der Waals surface area contributed by atoms with E-state index in [1.54, 1.807) is 4.52 Å². The van der Waals surface area contributed by atoms with E-state index in [0.717, 1.165) is 27.7 Å². The fraction of sp³-hybridized carbons (Fsp3) is 0.185. The number of amides is 1. The van der Waals surface area contributed by atoms with Crippen LogP contribution in [0.3, 0.4) is 0 Å². The zero-order valence-electron chi connectivity index (χ0n) is 19.1. The molecule has 34 heavy (non-hydrogen) atoms. The van der Waals surface area contributed by atoms with Crippen LogP contribution in [0.2, 0.25) is 0 Å². The van der Waals surface area contributed by atoms with E-state index in [1.807, 2.05) is 73.7 Å². The number of hydrogen-bond donors (Lipinski definition) is 1. The molecule has 2 aromatic heterocycles. The Morgan fingerprint density at radius 3 is 2.47 bits per heavy atom. The molecule has 2 heterocycles. The van der Waals surface area contributed by atoms with Gasteiger partial charge in [0.25, 0.3) is 0 Å². The van der Waals surface area contributed by atoms with Gasteiger partial charge in [-0.25, -0.2) is 9.97 Å². The van der Waals surface area contributed by atoms with Crippen molar-refractivity contribution in [1.82, 2.24) is 24.9 Å². The number of carbonyl (C=O) groups excluding carboxylic acids is 1. The van der Waals surface area contributed by atoms with Crippen LogP contribution in [0.15, 0.2) is 84.0 Å². The van der Waals surface area contributed by atoms with Crippen molar-refractivity contribution in [2.75, 3.05) is 0 Å². The second-order valence-electron chi connectivity index (χ2n) is 8.17. The Labute approximate surface area is 202 Å². The standard InChI is InChI=1S/C27H25N5OS/c1-3-23(26(33)28-17-19-15-13-18(2)14-16-19)34-27-29-22-12-8-7-11-21(22)25-30-24(31-32(25)27)20-9-5-4-6-10-20/h4-16,23H,3,17H2,1-2H3,(H,28,33)/t23-/m1/s1. The summed E-state index contributed by atoms with van der Waals surface area (Å²) in [6.07, 6.45) is 0.667. The van der Waals surface area contributed by atoms with Crippen LogP contribution in [-0.2, 0) is 11.3 Å². The summed E-state index contributed by atoms with van der Waals surface area (Å²) in [5.74, 6) is 0.622. The maximum absolute atomic E-state index is 13.0. The van der Waals surface area contributed by atoms with E-state index in [4.69, 9.17) is 15.1 Å². The summed E-state index contributed by atoms with van der Waals surface area (Å²) in [4.78, 5) is 22.7. The van der Waals surface area contributed by atoms with Gasteiger partial charge in [0.2, 0.25) is 5.91 Å². The summed E-state index contributed by atoms with van der Waals surface area (Å²) >= 11 is 1.42. The molecule has 1 atom stereocenters. The Kier molecular flexibility index (Phi) is 6.27. The van der Waals surface area contributed by atoms with E-state index >= 15 is 0 Å². The molecule has 170 valence electrons. The van der Waals surface area contributed by atoms with Crippen molar-refractivity contribution in [1.29, 1.82) is 0 Å². The minimum absolute atomic E-state index is 0.0143. The maximum atomic E-state index is 13.0. The van der Waals surface area contributed by atoms with Crippen molar-refractivity contribution < 1.29 is 4.79 Å². The van der Waals surface area contributed by atoms with Gasteiger partial charge in [-0.15, -0.1) is 5.10 Å². The third-order valence-corrected chi connectivity index (χ3v) is 6.99. The quantitative estimate of drug-likeness (QED) is 0.255. The summed E-state index contributed by atoms with van der Waals surface area (Å²) in [6.45, 7) is 4.56. The van der Waals surface area contributed by atoms with Crippen molar-refractivity contribution in [3.05, 3.63) is 90.0 Å². The van der Waals surface area contributed by atoms with Gasteiger partial charge in [0, 0.05) is 17.5 Å². The number of para-hydroxylation sites is 1. The number of benzene rings is 3. The van der Waals surface area contributed by atoms with Crippen molar-refractivity contribution >= 4 is 34.2 Å². The molecule has 0 saturated heterocycles. The van der Waals surface area contributed by atoms with Crippen molar-refractivity contribution in [2.24, 2.45) is 0 Å². The summed E-state index contributed by atoms with van der Waals surface area (Å²) in [6, 6.07) is 26.0. The molecule has 0 aliphatic carbocycles. The Morgan fingerprint density at radius 2 is 1.71 bits per heavy atom. The molecule has 0 fully saturated rings. The highest BCUT2D eigenvalue weighted by molar-refractivity contribution is 8.00. The second kappa shape index (κ2) is 9.65. The van der Waals surface area contributed by atoms with Gasteiger partial charge in [-0.05, 0) is 31.0 Å². The fourth-order valence-electron chi connectivity index (χ4n) is 3.77. The molecule has 7 heteroatoms. The van der Waals surface area contributed by atoms with E-state index < -0.39 is 0 Å². The molecule has 3 aromatic carbocycles. The number of nitrogens with zero attached hydrogens (tertiary/aromatic N) is 4. The predicted octanol–water partition coefficient (Wildman–Crippen LogP) is 5.44. The molecule has 1 N–H and O–H groups in total. The molecule has 0 aliphatic rings. The van der Waals surface area contributed by atoms with Crippen LogP contribution in [0.5, 0.6) is 0 Å². The normalized spacial score (nSPS) is 12.2. The van der Waals surface area contributed by atoms with Gasteiger partial charge >= 0.3 is 0 Å². The number of hydrogen-bond acceptors (Lipinski definition) is 5. The van der Waals surface area contributed by atoms with E-state index in [-0.39, 0.29) is 11.2 Å². The average Bonchev–Trinajstić information content (AvgIpc) is 3.33. The number of rotatable bonds is 7. The minimum atomic E-state index is -0.299. The van der Waals surface area contributed by atoms with Gasteiger partial charge in [-0.1, -0.05) is 91.0 Å². The number of nitrogens with one attached hydrogen (secondary N) is 1. The van der Waals surface area contributed by atoms with Gasteiger partial charge in [-0.2, -0.15) is 4.52 Å². The average molecular weight is 468 g/mol. The predicted molar refractivity (Wildman–Crippen MR) is 137 cm³/mol. The number of carbonyl (C=O) groups is 1. The molecule has 0 spiro atoms. The second-order valence-corrected chi connectivity index (χ2v) is 9.34. The van der Waals surface area contributed by atoms with Crippen LogP contribution in [-0.4, -0.2) is 30.7 Å². The molecule has 0 unspecified atom stereocenters. The first kappa shape index (κ1) is 22.1. The van der Waals surface area contributed by atoms with E-state index in [9.17, 15) is 4.79 Å². The van der Waals surface area contributed by atoms with Gasteiger partial charge in [0.15, 0.2) is 16.6 Å². The summed E-state index contributed by atoms with van der Waals surface area (Å²) in [5, 5.41) is 9.13. The lowest BCUT2D eigenvalue weighted by Gasteiger charge is -2.15. The first-order valence-electron chi connectivity index (χ1n) is 11.3. The number of fused-ring (bicyclic) bond motifs is 3. The van der Waals surface area contributed by atoms with E-state index in [0.29, 0.717) is 23.9 Å². The zero-order valence-corrected chi connectivity index (χ0v) is 19.9. The molecule has 0 saturated carbocycles. The Balaban J connectivity index is 1.46. The van der Waals surface area contributed by atoms with Gasteiger partial charge in [0.1, 0.15) is 0 Å². The highest BCUT2D eigenvalue weighted by Gasteiger charge is 2.22. The molecular formula is C27H25N5OS. The van der Waals surface area contributed by atoms with Gasteiger partial charge in [0.05, 0.1) is 10.8 Å². The Bertz CT molecular complexity index is 1450. The first-order valence-corrected chi connectivity index (χ1v) is 12.2.